The third-order valence-electron chi connectivity index (χ3n) is 1.85. The normalized spacial score (nSPS) is 11.1. The van der Waals surface area contributed by atoms with E-state index in [0.717, 1.165) is 5.57 Å². The van der Waals surface area contributed by atoms with E-state index in [1.165, 1.54) is 13.8 Å². The Morgan fingerprint density at radius 3 is 1.75 bits per heavy atom. The fourth-order valence-corrected chi connectivity index (χ4v) is 0.704. The van der Waals surface area contributed by atoms with E-state index in [9.17, 15) is 14.4 Å². The van der Waals surface area contributed by atoms with Crippen LogP contribution in [0, 0.1) is 0 Å². The minimum absolute atomic E-state index is 0.0151. The van der Waals surface area contributed by atoms with Gasteiger partial charge in [-0.05, 0) is 37.1 Å². The Morgan fingerprint density at radius 1 is 0.950 bits per heavy atom. The molecule has 0 heterocycles. The fourth-order valence-electron chi connectivity index (χ4n) is 0.704. The molecule has 6 nitrogen and oxygen atoms in total. The number of allylic oxidation sites excluding steroid dienone is 1. The number of carbonyl (C=O) groups is 3. The molecule has 0 aliphatic rings. The lowest BCUT2D eigenvalue weighted by atomic mass is 10.3. The van der Waals surface area contributed by atoms with Crippen LogP contribution in [0.1, 0.15) is 27.7 Å². The molecule has 0 saturated carbocycles. The van der Waals surface area contributed by atoms with Crippen LogP contribution >= 0.6 is 0 Å². The summed E-state index contributed by atoms with van der Waals surface area (Å²) >= 11 is 0. The molecule has 0 bridgehead atoms. The molecule has 0 atom stereocenters. The molecule has 0 radical (unpaired) electrons. The van der Waals surface area contributed by atoms with E-state index in [4.69, 9.17) is 5.11 Å². The maximum atomic E-state index is 10.2. The van der Waals surface area contributed by atoms with Gasteiger partial charge in [0.15, 0.2) is 0 Å². The van der Waals surface area contributed by atoms with Crippen LogP contribution in [0.25, 0.3) is 0 Å². The number of carbonyl (C=O) groups excluding carboxylic acids is 3. The van der Waals surface area contributed by atoms with Crippen molar-refractivity contribution in [3.8, 4) is 0 Å². The fraction of sp³-hybridized carbons (Fsp3) is 0.500. The number of hydrogen-bond donors (Lipinski definition) is 1. The zero-order chi connectivity index (χ0) is 16.0. The molecule has 0 fully saturated rings. The molecule has 0 saturated heterocycles. The summed E-state index contributed by atoms with van der Waals surface area (Å²) in [4.78, 5) is 30.3. The molecule has 0 aliphatic heterocycles. The molecule has 114 valence electrons. The van der Waals surface area contributed by atoms with Gasteiger partial charge in [-0.2, -0.15) is 0 Å². The highest BCUT2D eigenvalue weighted by molar-refractivity contribution is 5.72. The third kappa shape index (κ3) is 18.4. The van der Waals surface area contributed by atoms with Crippen LogP contribution in [0.5, 0.6) is 0 Å². The predicted octanol–water partition coefficient (Wildman–Crippen LogP) is 1.18. The van der Waals surface area contributed by atoms with Crippen molar-refractivity contribution >= 4 is 18.2 Å². The highest BCUT2D eigenvalue weighted by Crippen LogP contribution is 1.89. The minimum atomic E-state index is -0.338. The molecule has 0 amide bonds. The number of aldehydes is 1. The van der Waals surface area contributed by atoms with Gasteiger partial charge in [0.25, 0.3) is 0 Å². The van der Waals surface area contributed by atoms with Gasteiger partial charge in [0.1, 0.15) is 19.5 Å². The summed E-state index contributed by atoms with van der Waals surface area (Å²) in [5, 5.41) is 8.49. The Labute approximate surface area is 119 Å². The Bertz CT molecular complexity index is 368. The molecular weight excluding hydrogens is 264 g/mol. The zero-order valence-electron chi connectivity index (χ0n) is 12.3. The van der Waals surface area contributed by atoms with Gasteiger partial charge < -0.3 is 14.6 Å². The summed E-state index contributed by atoms with van der Waals surface area (Å²) in [6.45, 7) is 6.54. The van der Waals surface area contributed by atoms with Crippen LogP contribution in [-0.4, -0.2) is 43.2 Å². The van der Waals surface area contributed by atoms with Gasteiger partial charge in [0.2, 0.25) is 0 Å². The number of rotatable bonds is 6. The van der Waals surface area contributed by atoms with Crippen LogP contribution in [0.15, 0.2) is 23.3 Å². The van der Waals surface area contributed by atoms with Gasteiger partial charge in [-0.15, -0.1) is 0 Å². The maximum absolute atomic E-state index is 10.2. The van der Waals surface area contributed by atoms with Gasteiger partial charge >= 0.3 is 11.9 Å². The van der Waals surface area contributed by atoms with Gasteiger partial charge in [-0.25, -0.2) is 0 Å². The Hall–Kier alpha value is -1.95. The molecule has 0 rings (SSSR count). The first-order chi connectivity index (χ1) is 9.33. The first kappa shape index (κ1) is 20.4. The van der Waals surface area contributed by atoms with Crippen LogP contribution in [-0.2, 0) is 23.9 Å². The van der Waals surface area contributed by atoms with Crippen molar-refractivity contribution in [1.82, 2.24) is 0 Å². The van der Waals surface area contributed by atoms with Gasteiger partial charge in [-0.3, -0.25) is 14.4 Å². The van der Waals surface area contributed by atoms with Crippen molar-refractivity contribution in [2.45, 2.75) is 27.7 Å². The number of esters is 2. The summed E-state index contributed by atoms with van der Waals surface area (Å²) in [6, 6.07) is 0. The van der Waals surface area contributed by atoms with Gasteiger partial charge in [0.05, 0.1) is 6.61 Å². The molecule has 1 N–H and O–H groups in total. The monoisotopic (exact) mass is 286 g/mol. The summed E-state index contributed by atoms with van der Waals surface area (Å²) in [6.07, 6.45) is 3.93. The average molecular weight is 286 g/mol. The van der Waals surface area contributed by atoms with Crippen LogP contribution in [0.3, 0.4) is 0 Å². The summed E-state index contributed by atoms with van der Waals surface area (Å²) in [7, 11) is 0. The third-order valence-corrected chi connectivity index (χ3v) is 1.85. The van der Waals surface area contributed by atoms with Crippen molar-refractivity contribution in [2.24, 2.45) is 0 Å². The zero-order valence-corrected chi connectivity index (χ0v) is 12.3. The van der Waals surface area contributed by atoms with Crippen LogP contribution in [0.4, 0.5) is 0 Å². The summed E-state index contributed by atoms with van der Waals surface area (Å²) < 4.78 is 9.13. The molecule has 0 unspecified atom stereocenters. The highest BCUT2D eigenvalue weighted by Gasteiger charge is 1.89. The molecule has 0 aromatic rings. The lowest BCUT2D eigenvalue weighted by Gasteiger charge is -1.96. The Kier molecular flexibility index (Phi) is 13.7. The second-order valence-electron chi connectivity index (χ2n) is 3.88. The van der Waals surface area contributed by atoms with E-state index in [0.29, 0.717) is 11.9 Å². The first-order valence-corrected chi connectivity index (χ1v) is 5.98. The van der Waals surface area contributed by atoms with Crippen molar-refractivity contribution in [1.29, 1.82) is 0 Å². The SMILES string of the molecule is CC(=O)OCC=C(C)C=O.CC(=O)OCC=C(C)CO. The van der Waals surface area contributed by atoms with E-state index in [2.05, 4.69) is 9.47 Å². The Morgan fingerprint density at radius 2 is 1.40 bits per heavy atom. The summed E-state index contributed by atoms with van der Waals surface area (Å²) in [5.41, 5.74) is 1.38. The molecule has 0 aromatic carbocycles. The number of ether oxygens (including phenoxy) is 2. The molecule has 0 aromatic heterocycles. The van der Waals surface area contributed by atoms with Gasteiger partial charge in [-0.1, -0.05) is 0 Å². The molecule has 6 heteroatoms. The van der Waals surface area contributed by atoms with Crippen molar-refractivity contribution in [2.75, 3.05) is 19.8 Å². The van der Waals surface area contributed by atoms with Gasteiger partial charge in [0, 0.05) is 13.8 Å². The number of hydrogen-bond acceptors (Lipinski definition) is 6. The average Bonchev–Trinajstić information content (AvgIpc) is 2.38. The lowest BCUT2D eigenvalue weighted by molar-refractivity contribution is -0.140. The van der Waals surface area contributed by atoms with Crippen LogP contribution in [0.2, 0.25) is 0 Å². The predicted molar refractivity (Wildman–Crippen MR) is 73.9 cm³/mol. The van der Waals surface area contributed by atoms with Crippen molar-refractivity contribution in [3.63, 3.8) is 0 Å². The largest absolute Gasteiger partial charge is 0.462 e. The second kappa shape index (κ2) is 13.5. The molecule has 20 heavy (non-hydrogen) atoms. The lowest BCUT2D eigenvalue weighted by Crippen LogP contribution is -1.99. The number of aliphatic hydroxyl groups excluding tert-OH is 1. The van der Waals surface area contributed by atoms with E-state index >= 15 is 0 Å². The number of aliphatic hydroxyl groups is 1. The van der Waals surface area contributed by atoms with E-state index < -0.39 is 0 Å². The smallest absolute Gasteiger partial charge is 0.302 e. The van der Waals surface area contributed by atoms with E-state index in [-0.39, 0.29) is 31.8 Å². The second-order valence-corrected chi connectivity index (χ2v) is 3.88. The summed E-state index contributed by atoms with van der Waals surface area (Å²) in [5.74, 6) is -0.642. The quantitative estimate of drug-likeness (QED) is 0.341. The molecular formula is C14H22O6. The first-order valence-electron chi connectivity index (χ1n) is 5.98. The van der Waals surface area contributed by atoms with Crippen molar-refractivity contribution in [3.05, 3.63) is 23.3 Å². The highest BCUT2D eigenvalue weighted by atomic mass is 16.5. The topological polar surface area (TPSA) is 89.9 Å². The molecule has 0 aliphatic carbocycles. The van der Waals surface area contributed by atoms with Crippen LogP contribution < -0.4 is 0 Å². The van der Waals surface area contributed by atoms with E-state index in [1.54, 1.807) is 26.0 Å². The van der Waals surface area contributed by atoms with E-state index in [1.807, 2.05) is 0 Å². The minimum Gasteiger partial charge on any atom is -0.462 e. The Balaban J connectivity index is 0. The maximum Gasteiger partial charge on any atom is 0.302 e. The van der Waals surface area contributed by atoms with Crippen molar-refractivity contribution < 1.29 is 29.0 Å². The molecule has 0 spiro atoms. The standard InChI is InChI=1S/C7H12O3.C7H10O3/c2*1-6(5-8)3-4-10-7(2)9/h3,8H,4-5H2,1-2H3;3,5H,4H2,1-2H3.